The van der Waals surface area contributed by atoms with Gasteiger partial charge in [0.15, 0.2) is 0 Å². The maximum atomic E-state index is 12.5. The summed E-state index contributed by atoms with van der Waals surface area (Å²) in [6.45, 7) is 1.75. The molecular formula is C15H22N2O2S. The number of hydrogen-bond donors (Lipinski definition) is 0. The molecule has 2 aliphatic heterocycles. The monoisotopic (exact) mass is 294 g/mol. The molecule has 0 N–H and O–H groups in total. The van der Waals surface area contributed by atoms with Crippen molar-refractivity contribution in [1.82, 2.24) is 9.88 Å². The summed E-state index contributed by atoms with van der Waals surface area (Å²) in [7, 11) is 0. The van der Waals surface area contributed by atoms with Gasteiger partial charge in [-0.15, -0.1) is 11.3 Å². The minimum atomic E-state index is 0.209. The van der Waals surface area contributed by atoms with Gasteiger partial charge in [-0.05, 0) is 38.5 Å². The number of ether oxygens (including phenoxy) is 1. The van der Waals surface area contributed by atoms with Crippen LogP contribution in [0.4, 0.5) is 0 Å². The summed E-state index contributed by atoms with van der Waals surface area (Å²) in [5.74, 6) is 0.278. The molecule has 2 fully saturated rings. The van der Waals surface area contributed by atoms with Crippen LogP contribution in [0.15, 0.2) is 11.6 Å². The molecule has 0 bridgehead atoms. The van der Waals surface area contributed by atoms with E-state index in [9.17, 15) is 4.79 Å². The zero-order chi connectivity index (χ0) is 13.8. The van der Waals surface area contributed by atoms with E-state index in [1.165, 1.54) is 6.42 Å². The molecule has 5 heteroatoms. The molecule has 2 saturated heterocycles. The quantitative estimate of drug-likeness (QED) is 0.856. The van der Waals surface area contributed by atoms with E-state index in [2.05, 4.69) is 9.88 Å². The van der Waals surface area contributed by atoms with Crippen LogP contribution in [0.3, 0.4) is 0 Å². The predicted molar refractivity (Wildman–Crippen MR) is 78.6 cm³/mol. The molecule has 0 spiro atoms. The van der Waals surface area contributed by atoms with Gasteiger partial charge in [0.25, 0.3) is 0 Å². The Labute approximate surface area is 124 Å². The van der Waals surface area contributed by atoms with Gasteiger partial charge in [0, 0.05) is 31.1 Å². The molecule has 3 heterocycles. The summed E-state index contributed by atoms with van der Waals surface area (Å²) in [6.07, 6.45) is 9.26. The molecule has 1 amide bonds. The van der Waals surface area contributed by atoms with Gasteiger partial charge >= 0.3 is 0 Å². The molecule has 0 saturated carbocycles. The third-order valence-electron chi connectivity index (χ3n) is 4.26. The van der Waals surface area contributed by atoms with E-state index < -0.39 is 0 Å². The van der Waals surface area contributed by atoms with Gasteiger partial charge in [-0.3, -0.25) is 4.79 Å². The highest BCUT2D eigenvalue weighted by molar-refractivity contribution is 7.09. The fraction of sp³-hybridized carbons (Fsp3) is 0.733. The maximum absolute atomic E-state index is 12.5. The smallest absolute Gasteiger partial charge is 0.223 e. The molecule has 1 aromatic heterocycles. The van der Waals surface area contributed by atoms with Crippen LogP contribution in [0.5, 0.6) is 0 Å². The number of likely N-dealkylation sites (tertiary alicyclic amines) is 1. The topological polar surface area (TPSA) is 42.4 Å². The van der Waals surface area contributed by atoms with E-state index in [0.29, 0.717) is 12.5 Å². The third kappa shape index (κ3) is 3.20. The van der Waals surface area contributed by atoms with E-state index in [4.69, 9.17) is 4.74 Å². The van der Waals surface area contributed by atoms with Crippen LogP contribution in [0.1, 0.15) is 56.0 Å². The molecule has 110 valence electrons. The van der Waals surface area contributed by atoms with Gasteiger partial charge in [-0.25, -0.2) is 4.98 Å². The number of amides is 1. The van der Waals surface area contributed by atoms with E-state index in [1.807, 2.05) is 11.6 Å². The Hall–Kier alpha value is -0.940. The highest BCUT2D eigenvalue weighted by atomic mass is 32.1. The van der Waals surface area contributed by atoms with Crippen molar-refractivity contribution in [2.75, 3.05) is 13.2 Å². The zero-order valence-electron chi connectivity index (χ0n) is 11.8. The van der Waals surface area contributed by atoms with Crippen LogP contribution in [0.25, 0.3) is 0 Å². The highest BCUT2D eigenvalue weighted by Crippen LogP contribution is 2.32. The van der Waals surface area contributed by atoms with Crippen molar-refractivity contribution in [2.24, 2.45) is 0 Å². The maximum Gasteiger partial charge on any atom is 0.223 e. The lowest BCUT2D eigenvalue weighted by Gasteiger charge is -2.34. The normalized spacial score (nSPS) is 26.9. The second kappa shape index (κ2) is 6.68. The average molecular weight is 294 g/mol. The minimum absolute atomic E-state index is 0.209. The van der Waals surface area contributed by atoms with Crippen LogP contribution in [0.2, 0.25) is 0 Å². The number of aromatic nitrogens is 1. The fourth-order valence-electron chi connectivity index (χ4n) is 3.19. The van der Waals surface area contributed by atoms with Gasteiger partial charge < -0.3 is 9.64 Å². The molecule has 3 rings (SSSR count). The number of hydrogen-bond acceptors (Lipinski definition) is 4. The molecule has 1 aromatic rings. The third-order valence-corrected chi connectivity index (χ3v) is 5.14. The van der Waals surface area contributed by atoms with Crippen molar-refractivity contribution in [2.45, 2.75) is 57.1 Å². The van der Waals surface area contributed by atoms with Crippen LogP contribution < -0.4 is 0 Å². The summed E-state index contributed by atoms with van der Waals surface area (Å²) < 4.78 is 5.61. The Morgan fingerprint density at radius 1 is 1.40 bits per heavy atom. The lowest BCUT2D eigenvalue weighted by Crippen LogP contribution is -2.38. The Morgan fingerprint density at radius 3 is 3.10 bits per heavy atom. The SMILES string of the molecule is O=C(CC[C@@H]1CCCO1)N1CCCC[C@@H]1c1nccs1. The van der Waals surface area contributed by atoms with Crippen molar-refractivity contribution < 1.29 is 9.53 Å². The second-order valence-electron chi connectivity index (χ2n) is 5.64. The summed E-state index contributed by atoms with van der Waals surface area (Å²) in [5.41, 5.74) is 0. The molecule has 4 nitrogen and oxygen atoms in total. The van der Waals surface area contributed by atoms with Gasteiger partial charge in [0.1, 0.15) is 5.01 Å². The number of rotatable bonds is 4. The summed E-state index contributed by atoms with van der Waals surface area (Å²) in [6, 6.07) is 0.209. The molecular weight excluding hydrogens is 272 g/mol. The molecule has 2 aliphatic rings. The largest absolute Gasteiger partial charge is 0.378 e. The van der Waals surface area contributed by atoms with E-state index in [0.717, 1.165) is 50.3 Å². The fourth-order valence-corrected chi connectivity index (χ4v) is 3.97. The zero-order valence-corrected chi connectivity index (χ0v) is 12.6. The van der Waals surface area contributed by atoms with Gasteiger partial charge in [0.2, 0.25) is 5.91 Å². The summed E-state index contributed by atoms with van der Waals surface area (Å²) in [4.78, 5) is 19.0. The van der Waals surface area contributed by atoms with Gasteiger partial charge in [-0.2, -0.15) is 0 Å². The standard InChI is InChI=1S/C15H22N2O2S/c18-14(7-6-12-4-3-10-19-12)17-9-2-1-5-13(17)15-16-8-11-20-15/h8,11-13H,1-7,9-10H2/t12-,13+/m0/s1. The Balaban J connectivity index is 1.59. The van der Waals surface area contributed by atoms with Crippen LogP contribution in [-0.2, 0) is 9.53 Å². The Morgan fingerprint density at radius 2 is 2.35 bits per heavy atom. The highest BCUT2D eigenvalue weighted by Gasteiger charge is 2.29. The first-order valence-corrected chi connectivity index (χ1v) is 8.53. The Kier molecular flexibility index (Phi) is 4.68. The molecule has 20 heavy (non-hydrogen) atoms. The number of nitrogens with zero attached hydrogens (tertiary/aromatic N) is 2. The first kappa shape index (κ1) is 14.0. The van der Waals surface area contributed by atoms with E-state index in [-0.39, 0.29) is 11.9 Å². The van der Waals surface area contributed by atoms with Gasteiger partial charge in [0.05, 0.1) is 12.1 Å². The summed E-state index contributed by atoms with van der Waals surface area (Å²) in [5, 5.41) is 3.09. The minimum Gasteiger partial charge on any atom is -0.378 e. The number of carbonyl (C=O) groups excluding carboxylic acids is 1. The van der Waals surface area contributed by atoms with Crippen LogP contribution in [0, 0.1) is 0 Å². The van der Waals surface area contributed by atoms with E-state index in [1.54, 1.807) is 11.3 Å². The predicted octanol–water partition coefficient (Wildman–Crippen LogP) is 3.16. The average Bonchev–Trinajstić information content (AvgIpc) is 3.18. The van der Waals surface area contributed by atoms with Crippen molar-refractivity contribution in [3.05, 3.63) is 16.6 Å². The number of carbonyl (C=O) groups is 1. The van der Waals surface area contributed by atoms with E-state index >= 15 is 0 Å². The first-order chi connectivity index (χ1) is 9.84. The second-order valence-corrected chi connectivity index (χ2v) is 6.57. The molecule has 2 atom stereocenters. The molecule has 0 aliphatic carbocycles. The van der Waals surface area contributed by atoms with Gasteiger partial charge in [-0.1, -0.05) is 0 Å². The summed E-state index contributed by atoms with van der Waals surface area (Å²) >= 11 is 1.66. The molecule has 0 aromatic carbocycles. The lowest BCUT2D eigenvalue weighted by molar-refractivity contribution is -0.135. The number of piperidine rings is 1. The van der Waals surface area contributed by atoms with Crippen LogP contribution >= 0.6 is 11.3 Å². The Bertz CT molecular complexity index is 429. The number of thiazole rings is 1. The lowest BCUT2D eigenvalue weighted by atomic mass is 10.0. The van der Waals surface area contributed by atoms with Crippen LogP contribution in [-0.4, -0.2) is 35.0 Å². The first-order valence-electron chi connectivity index (χ1n) is 7.65. The molecule has 0 radical (unpaired) electrons. The van der Waals surface area contributed by atoms with Crippen molar-refractivity contribution >= 4 is 17.2 Å². The van der Waals surface area contributed by atoms with Crippen molar-refractivity contribution in [3.63, 3.8) is 0 Å². The van der Waals surface area contributed by atoms with Crippen molar-refractivity contribution in [3.8, 4) is 0 Å². The molecule has 0 unspecified atom stereocenters. The van der Waals surface area contributed by atoms with Crippen molar-refractivity contribution in [1.29, 1.82) is 0 Å².